The number of aryl methyl sites for hydroxylation is 1. The summed E-state index contributed by atoms with van der Waals surface area (Å²) in [7, 11) is -1.87. The summed E-state index contributed by atoms with van der Waals surface area (Å²) < 4.78 is 58.7. The molecule has 1 N–H and O–H groups in total. The summed E-state index contributed by atoms with van der Waals surface area (Å²) in [5.74, 6) is 0. The van der Waals surface area contributed by atoms with Crippen LogP contribution in [0, 0.1) is 12.3 Å². The van der Waals surface area contributed by atoms with Crippen molar-refractivity contribution in [2.75, 3.05) is 0 Å². The molecule has 0 amide bonds. The number of halogens is 4. The SMILES string of the molecule is Cc1c(Br)ccc2c([C@H](N[S@@](=O)C(C)(C)C)C(F)(F)F)cn(CC(C)(C)C)c12. The van der Waals surface area contributed by atoms with Crippen LogP contribution in [0.2, 0.25) is 0 Å². The lowest BCUT2D eigenvalue weighted by Gasteiger charge is -2.26. The van der Waals surface area contributed by atoms with E-state index < -0.39 is 28.0 Å². The molecule has 0 saturated carbocycles. The zero-order valence-electron chi connectivity index (χ0n) is 17.3. The van der Waals surface area contributed by atoms with Gasteiger partial charge in [0, 0.05) is 28.2 Å². The van der Waals surface area contributed by atoms with Crippen LogP contribution in [0.3, 0.4) is 0 Å². The molecule has 158 valence electrons. The number of nitrogens with zero attached hydrogens (tertiary/aromatic N) is 1. The molecule has 8 heteroatoms. The number of rotatable bonds is 4. The van der Waals surface area contributed by atoms with Crippen LogP contribution in [0.4, 0.5) is 13.2 Å². The van der Waals surface area contributed by atoms with Crippen LogP contribution in [0.1, 0.15) is 58.7 Å². The second-order valence-corrected chi connectivity index (χ2v) is 12.2. The first kappa shape index (κ1) is 23.4. The van der Waals surface area contributed by atoms with Crippen molar-refractivity contribution in [3.05, 3.63) is 33.9 Å². The van der Waals surface area contributed by atoms with Gasteiger partial charge in [-0.1, -0.05) is 42.8 Å². The van der Waals surface area contributed by atoms with E-state index in [0.29, 0.717) is 11.9 Å². The molecule has 3 nitrogen and oxygen atoms in total. The number of aromatic nitrogens is 1. The van der Waals surface area contributed by atoms with Crippen molar-refractivity contribution in [1.82, 2.24) is 9.29 Å². The maximum absolute atomic E-state index is 14.0. The van der Waals surface area contributed by atoms with Crippen LogP contribution in [0.5, 0.6) is 0 Å². The maximum atomic E-state index is 14.0. The summed E-state index contributed by atoms with van der Waals surface area (Å²) in [4.78, 5) is 0. The van der Waals surface area contributed by atoms with Crippen LogP contribution in [0.15, 0.2) is 22.8 Å². The molecular weight excluding hydrogens is 453 g/mol. The predicted molar refractivity (Wildman–Crippen MR) is 114 cm³/mol. The molecule has 0 aliphatic carbocycles. The molecule has 0 radical (unpaired) electrons. The van der Waals surface area contributed by atoms with Crippen LogP contribution in [-0.4, -0.2) is 19.7 Å². The highest BCUT2D eigenvalue weighted by Gasteiger charge is 2.44. The van der Waals surface area contributed by atoms with Gasteiger partial charge in [-0.2, -0.15) is 13.2 Å². The van der Waals surface area contributed by atoms with E-state index in [4.69, 9.17) is 0 Å². The van der Waals surface area contributed by atoms with Gasteiger partial charge in [0.15, 0.2) is 0 Å². The van der Waals surface area contributed by atoms with Gasteiger partial charge in [0.1, 0.15) is 6.04 Å². The van der Waals surface area contributed by atoms with Crippen molar-refractivity contribution < 1.29 is 17.4 Å². The Bertz CT molecular complexity index is 892. The van der Waals surface area contributed by atoms with E-state index in [1.165, 1.54) is 0 Å². The van der Waals surface area contributed by atoms with Crippen molar-refractivity contribution in [2.45, 2.75) is 72.0 Å². The smallest absolute Gasteiger partial charge is 0.346 e. The van der Waals surface area contributed by atoms with E-state index in [1.807, 2.05) is 32.3 Å². The minimum Gasteiger partial charge on any atom is -0.346 e. The van der Waals surface area contributed by atoms with Gasteiger partial charge in [-0.05, 0) is 44.7 Å². The fourth-order valence-electron chi connectivity index (χ4n) is 3.04. The second-order valence-electron chi connectivity index (χ2n) is 9.32. The van der Waals surface area contributed by atoms with Gasteiger partial charge in [0.2, 0.25) is 0 Å². The van der Waals surface area contributed by atoms with Crippen molar-refractivity contribution in [1.29, 1.82) is 0 Å². The zero-order valence-corrected chi connectivity index (χ0v) is 19.7. The fraction of sp³-hybridized carbons (Fsp3) is 0.600. The standard InChI is InChI=1S/C20H28BrF3N2OS/c1-12-15(21)9-8-13-14(10-26(16(12)13)11-18(2,3)4)17(20(22,23)24)25-28(27)19(5,6)7/h8-10,17,25H,11H2,1-7H3/t17-,28-/m0/s1. The van der Waals surface area contributed by atoms with Crippen LogP contribution in [0.25, 0.3) is 10.9 Å². The molecule has 0 bridgehead atoms. The molecule has 1 aromatic heterocycles. The minimum atomic E-state index is -4.58. The van der Waals surface area contributed by atoms with Gasteiger partial charge in [0.25, 0.3) is 0 Å². The molecule has 0 aliphatic heterocycles. The second kappa shape index (κ2) is 7.76. The van der Waals surface area contributed by atoms with E-state index in [0.717, 1.165) is 15.6 Å². The Labute approximate surface area is 175 Å². The molecule has 0 spiro atoms. The van der Waals surface area contributed by atoms with Crippen molar-refractivity contribution in [3.8, 4) is 0 Å². The first-order valence-electron chi connectivity index (χ1n) is 9.05. The predicted octanol–water partition coefficient (Wildman–Crippen LogP) is 6.41. The summed E-state index contributed by atoms with van der Waals surface area (Å²) >= 11 is 3.48. The Balaban J connectivity index is 2.72. The van der Waals surface area contributed by atoms with Crippen molar-refractivity contribution in [3.63, 3.8) is 0 Å². The van der Waals surface area contributed by atoms with Crippen LogP contribution in [-0.2, 0) is 17.5 Å². The Morgan fingerprint density at radius 2 is 1.71 bits per heavy atom. The molecule has 2 rings (SSSR count). The van der Waals surface area contributed by atoms with Crippen LogP contribution < -0.4 is 4.72 Å². The lowest BCUT2D eigenvalue weighted by Crippen LogP contribution is -2.41. The Kier molecular flexibility index (Phi) is 6.49. The molecule has 0 aliphatic rings. The molecule has 2 atom stereocenters. The Morgan fingerprint density at radius 1 is 1.14 bits per heavy atom. The molecule has 28 heavy (non-hydrogen) atoms. The Hall–Kier alpha value is -0.860. The minimum absolute atomic E-state index is 0.0972. The van der Waals surface area contributed by atoms with Crippen molar-refractivity contribution >= 4 is 37.8 Å². The van der Waals surface area contributed by atoms with E-state index in [9.17, 15) is 17.4 Å². The zero-order chi connectivity index (χ0) is 21.7. The molecular formula is C20H28BrF3N2OS. The number of hydrogen-bond donors (Lipinski definition) is 1. The molecule has 2 aromatic rings. The van der Waals surface area contributed by atoms with Crippen LogP contribution >= 0.6 is 15.9 Å². The normalized spacial score (nSPS) is 15.8. The Morgan fingerprint density at radius 3 is 2.18 bits per heavy atom. The summed E-state index contributed by atoms with van der Waals surface area (Å²) in [5.41, 5.74) is 1.62. The van der Waals surface area contributed by atoms with Gasteiger partial charge in [-0.3, -0.25) is 0 Å². The summed E-state index contributed by atoms with van der Waals surface area (Å²) in [6.07, 6.45) is -3.02. The number of alkyl halides is 3. The van der Waals surface area contributed by atoms with Gasteiger partial charge in [-0.15, -0.1) is 0 Å². The highest BCUT2D eigenvalue weighted by Crippen LogP contribution is 2.40. The number of fused-ring (bicyclic) bond motifs is 1. The van der Waals surface area contributed by atoms with Gasteiger partial charge in [-0.25, -0.2) is 8.93 Å². The number of benzene rings is 1. The third kappa shape index (κ3) is 5.19. The van der Waals surface area contributed by atoms with Gasteiger partial charge >= 0.3 is 6.18 Å². The van der Waals surface area contributed by atoms with E-state index in [2.05, 4.69) is 20.7 Å². The van der Waals surface area contributed by atoms with Gasteiger partial charge in [0.05, 0.1) is 21.2 Å². The quantitative estimate of drug-likeness (QED) is 0.538. The largest absolute Gasteiger partial charge is 0.408 e. The molecule has 0 fully saturated rings. The third-order valence-corrected chi connectivity index (χ3v) is 6.74. The average Bonchev–Trinajstić information content (AvgIpc) is 2.82. The lowest BCUT2D eigenvalue weighted by molar-refractivity contribution is -0.152. The van der Waals surface area contributed by atoms with E-state index in [1.54, 1.807) is 39.1 Å². The summed E-state index contributed by atoms with van der Waals surface area (Å²) in [6, 6.07) is 1.44. The molecule has 1 aromatic carbocycles. The highest BCUT2D eigenvalue weighted by molar-refractivity contribution is 9.10. The van der Waals surface area contributed by atoms with E-state index >= 15 is 0 Å². The number of nitrogens with one attached hydrogen (secondary N) is 1. The van der Waals surface area contributed by atoms with Crippen molar-refractivity contribution in [2.24, 2.45) is 5.41 Å². The average molecular weight is 481 g/mol. The summed E-state index contributed by atoms with van der Waals surface area (Å²) in [6.45, 7) is 13.5. The molecule has 0 saturated heterocycles. The third-order valence-electron chi connectivity index (χ3n) is 4.32. The highest BCUT2D eigenvalue weighted by atomic mass is 79.9. The number of hydrogen-bond acceptors (Lipinski definition) is 1. The van der Waals surface area contributed by atoms with Gasteiger partial charge < -0.3 is 4.57 Å². The topological polar surface area (TPSA) is 34.0 Å². The lowest BCUT2D eigenvalue weighted by atomic mass is 9.97. The monoisotopic (exact) mass is 480 g/mol. The van der Waals surface area contributed by atoms with E-state index in [-0.39, 0.29) is 11.0 Å². The first-order valence-corrected chi connectivity index (χ1v) is 11.0. The fourth-order valence-corrected chi connectivity index (χ4v) is 4.18. The molecule has 1 heterocycles. The maximum Gasteiger partial charge on any atom is 0.408 e. The summed E-state index contributed by atoms with van der Waals surface area (Å²) in [5, 5.41) is 0.519. The molecule has 0 unspecified atom stereocenters. The first-order chi connectivity index (χ1) is 12.5.